The van der Waals surface area contributed by atoms with Gasteiger partial charge in [-0.15, -0.1) is 0 Å². The lowest BCUT2D eigenvalue weighted by atomic mass is 9.97. The molecule has 2 nitrogen and oxygen atoms in total. The molecule has 0 aliphatic rings. The van der Waals surface area contributed by atoms with Gasteiger partial charge in [0.15, 0.2) is 5.78 Å². The summed E-state index contributed by atoms with van der Waals surface area (Å²) in [5.41, 5.74) is 5.76. The van der Waals surface area contributed by atoms with Gasteiger partial charge in [-0.05, 0) is 49.9 Å². The van der Waals surface area contributed by atoms with Crippen LogP contribution in [0.2, 0.25) is 0 Å². The number of aryl methyl sites for hydroxylation is 2. The quantitative estimate of drug-likeness (QED) is 0.672. The second kappa shape index (κ2) is 7.77. The van der Waals surface area contributed by atoms with Crippen LogP contribution < -0.4 is 5.32 Å². The monoisotopic (exact) mass is 307 g/mol. The van der Waals surface area contributed by atoms with E-state index in [9.17, 15) is 4.79 Å². The number of hydrogen-bond acceptors (Lipinski definition) is 2. The van der Waals surface area contributed by atoms with E-state index >= 15 is 0 Å². The van der Waals surface area contributed by atoms with Gasteiger partial charge in [0, 0.05) is 22.5 Å². The number of unbranched alkanes of at least 4 members (excludes halogenated alkanes) is 1. The lowest BCUT2D eigenvalue weighted by Gasteiger charge is -2.15. The topological polar surface area (TPSA) is 29.1 Å². The molecule has 2 aromatic rings. The fraction of sp³-hybridized carbons (Fsp3) is 0.286. The van der Waals surface area contributed by atoms with Gasteiger partial charge in [-0.3, -0.25) is 4.79 Å². The maximum absolute atomic E-state index is 11.9. The molecule has 0 aliphatic heterocycles. The predicted octanol–water partition coefficient (Wildman–Crippen LogP) is 5.62. The number of carbonyl (C=O) groups is 1. The van der Waals surface area contributed by atoms with Crippen molar-refractivity contribution in [3.05, 3.63) is 71.3 Å². The molecule has 0 atom stereocenters. The highest BCUT2D eigenvalue weighted by atomic mass is 16.1. The average molecular weight is 307 g/mol. The number of anilines is 1. The molecule has 0 unspecified atom stereocenters. The van der Waals surface area contributed by atoms with Gasteiger partial charge in [0.1, 0.15) is 0 Å². The van der Waals surface area contributed by atoms with Crippen LogP contribution in [0.4, 0.5) is 5.69 Å². The molecule has 23 heavy (non-hydrogen) atoms. The van der Waals surface area contributed by atoms with Gasteiger partial charge in [-0.2, -0.15) is 0 Å². The molecule has 0 saturated heterocycles. The Morgan fingerprint density at radius 3 is 2.43 bits per heavy atom. The Balaban J connectivity index is 2.18. The minimum absolute atomic E-state index is 0.0570. The van der Waals surface area contributed by atoms with Crippen molar-refractivity contribution < 1.29 is 4.79 Å². The van der Waals surface area contributed by atoms with Crippen LogP contribution in [0.15, 0.2) is 49.0 Å². The smallest absolute Gasteiger partial charge is 0.160 e. The molecule has 0 heterocycles. The number of benzene rings is 2. The van der Waals surface area contributed by atoms with E-state index in [1.807, 2.05) is 25.1 Å². The Morgan fingerprint density at radius 2 is 1.83 bits per heavy atom. The molecule has 0 saturated carbocycles. The average Bonchev–Trinajstić information content (AvgIpc) is 2.53. The van der Waals surface area contributed by atoms with Crippen LogP contribution in [-0.4, -0.2) is 5.78 Å². The lowest BCUT2D eigenvalue weighted by Crippen LogP contribution is -2.06. The first-order chi connectivity index (χ1) is 11.0. The number of ketones is 1. The molecule has 0 spiro atoms. The van der Waals surface area contributed by atoms with Crippen molar-refractivity contribution in [1.29, 1.82) is 0 Å². The zero-order valence-electron chi connectivity index (χ0n) is 14.3. The number of Topliss-reactive ketones (excluding diaryl/α,β-unsaturated/α-hetero) is 1. The number of rotatable bonds is 7. The summed E-state index contributed by atoms with van der Waals surface area (Å²) in [4.78, 5) is 11.9. The van der Waals surface area contributed by atoms with E-state index in [0.717, 1.165) is 28.9 Å². The Labute approximate surface area is 139 Å². The minimum Gasteiger partial charge on any atom is -0.355 e. The van der Waals surface area contributed by atoms with Gasteiger partial charge in [0.25, 0.3) is 0 Å². The van der Waals surface area contributed by atoms with Crippen molar-refractivity contribution in [2.75, 3.05) is 5.32 Å². The third-order valence-electron chi connectivity index (χ3n) is 4.02. The molecular weight excluding hydrogens is 282 g/mol. The maximum atomic E-state index is 11.9. The second-order valence-corrected chi connectivity index (χ2v) is 5.96. The summed E-state index contributed by atoms with van der Waals surface area (Å²) >= 11 is 0. The first kappa shape index (κ1) is 17.0. The predicted molar refractivity (Wildman–Crippen MR) is 98.9 cm³/mol. The highest BCUT2D eigenvalue weighted by Crippen LogP contribution is 2.24. The molecule has 0 aliphatic carbocycles. The van der Waals surface area contributed by atoms with Crippen LogP contribution in [0, 0.1) is 6.92 Å². The standard InChI is InChI=1S/C21H25NO/c1-5-6-9-18-11-13-19(14-12-18)22-16(3)21-15(2)8-7-10-20(21)17(4)23/h7-8,10-14,22H,3,5-6,9H2,1-2,4H3. The van der Waals surface area contributed by atoms with Gasteiger partial charge in [0.05, 0.1) is 0 Å². The van der Waals surface area contributed by atoms with Crippen molar-refractivity contribution in [1.82, 2.24) is 0 Å². The Hall–Kier alpha value is -2.35. The molecule has 1 N–H and O–H groups in total. The van der Waals surface area contributed by atoms with Crippen LogP contribution in [0.3, 0.4) is 0 Å². The van der Waals surface area contributed by atoms with Crippen LogP contribution in [0.5, 0.6) is 0 Å². The van der Waals surface area contributed by atoms with Crippen molar-refractivity contribution >= 4 is 17.2 Å². The van der Waals surface area contributed by atoms with Gasteiger partial charge >= 0.3 is 0 Å². The first-order valence-corrected chi connectivity index (χ1v) is 8.18. The second-order valence-electron chi connectivity index (χ2n) is 5.96. The minimum atomic E-state index is 0.0570. The molecular formula is C21H25NO. The Morgan fingerprint density at radius 1 is 1.13 bits per heavy atom. The van der Waals surface area contributed by atoms with E-state index in [2.05, 4.69) is 43.1 Å². The molecule has 0 radical (unpaired) electrons. The summed E-state index contributed by atoms with van der Waals surface area (Å²) < 4.78 is 0. The highest BCUT2D eigenvalue weighted by molar-refractivity contribution is 6.00. The lowest BCUT2D eigenvalue weighted by molar-refractivity contribution is 0.101. The summed E-state index contributed by atoms with van der Waals surface area (Å²) in [6, 6.07) is 14.2. The third-order valence-corrected chi connectivity index (χ3v) is 4.02. The fourth-order valence-electron chi connectivity index (χ4n) is 2.73. The van der Waals surface area contributed by atoms with E-state index in [-0.39, 0.29) is 5.78 Å². The highest BCUT2D eigenvalue weighted by Gasteiger charge is 2.12. The van der Waals surface area contributed by atoms with Crippen molar-refractivity contribution in [3.8, 4) is 0 Å². The van der Waals surface area contributed by atoms with Crippen molar-refractivity contribution in [2.24, 2.45) is 0 Å². The normalized spacial score (nSPS) is 10.4. The number of nitrogens with one attached hydrogen (secondary N) is 1. The molecule has 0 amide bonds. The van der Waals surface area contributed by atoms with Crippen LogP contribution in [0.1, 0.15) is 53.7 Å². The summed E-state index contributed by atoms with van der Waals surface area (Å²) in [6.07, 6.45) is 3.53. The fourth-order valence-corrected chi connectivity index (χ4v) is 2.73. The summed E-state index contributed by atoms with van der Waals surface area (Å²) in [5, 5.41) is 3.33. The summed E-state index contributed by atoms with van der Waals surface area (Å²) in [5.74, 6) is 0.0570. The van der Waals surface area contributed by atoms with Gasteiger partial charge < -0.3 is 5.32 Å². The van der Waals surface area contributed by atoms with E-state index in [1.165, 1.54) is 18.4 Å². The van der Waals surface area contributed by atoms with Gasteiger partial charge in [-0.25, -0.2) is 0 Å². The molecule has 120 valence electrons. The van der Waals surface area contributed by atoms with E-state index in [4.69, 9.17) is 0 Å². The van der Waals surface area contributed by atoms with Crippen molar-refractivity contribution in [3.63, 3.8) is 0 Å². The van der Waals surface area contributed by atoms with Crippen LogP contribution in [0.25, 0.3) is 5.70 Å². The molecule has 0 fully saturated rings. The zero-order valence-corrected chi connectivity index (χ0v) is 14.3. The van der Waals surface area contributed by atoms with Crippen LogP contribution >= 0.6 is 0 Å². The van der Waals surface area contributed by atoms with Crippen LogP contribution in [-0.2, 0) is 6.42 Å². The third kappa shape index (κ3) is 4.32. The maximum Gasteiger partial charge on any atom is 0.160 e. The molecule has 0 bridgehead atoms. The number of carbonyl (C=O) groups excluding carboxylic acids is 1. The Kier molecular flexibility index (Phi) is 5.75. The molecule has 2 rings (SSSR count). The van der Waals surface area contributed by atoms with Crippen molar-refractivity contribution in [2.45, 2.75) is 40.0 Å². The largest absolute Gasteiger partial charge is 0.355 e. The number of hydrogen-bond donors (Lipinski definition) is 1. The molecule has 2 heteroatoms. The summed E-state index contributed by atoms with van der Waals surface area (Å²) in [7, 11) is 0. The first-order valence-electron chi connectivity index (χ1n) is 8.18. The van der Waals surface area contributed by atoms with E-state index < -0.39 is 0 Å². The molecule has 2 aromatic carbocycles. The summed E-state index contributed by atoms with van der Waals surface area (Å²) in [6.45, 7) is 9.93. The van der Waals surface area contributed by atoms with E-state index in [0.29, 0.717) is 5.56 Å². The van der Waals surface area contributed by atoms with Gasteiger partial charge in [0.2, 0.25) is 0 Å². The molecule has 0 aromatic heterocycles. The zero-order chi connectivity index (χ0) is 16.8. The van der Waals surface area contributed by atoms with E-state index in [1.54, 1.807) is 6.92 Å². The SMILES string of the molecule is C=C(Nc1ccc(CCCC)cc1)c1c(C)cccc1C(C)=O. The van der Waals surface area contributed by atoms with Gasteiger partial charge in [-0.1, -0.05) is 50.3 Å². The Bertz CT molecular complexity index is 698.